The lowest BCUT2D eigenvalue weighted by atomic mass is 9.97. The summed E-state index contributed by atoms with van der Waals surface area (Å²) in [7, 11) is -4.06. The van der Waals surface area contributed by atoms with Crippen molar-refractivity contribution in [3.05, 3.63) is 52.2 Å². The summed E-state index contributed by atoms with van der Waals surface area (Å²) in [6.07, 6.45) is 2.14. The van der Waals surface area contributed by atoms with E-state index in [1.54, 1.807) is 11.3 Å². The van der Waals surface area contributed by atoms with Crippen LogP contribution in [0.5, 0.6) is 0 Å². The van der Waals surface area contributed by atoms with Crippen LogP contribution in [0.3, 0.4) is 0 Å². The Bertz CT molecular complexity index is 833. The standard InChI is InChI=1S/C18H22F2N2O2S2/c1-13-6-8-22(9-7-13)16(17-3-2-10-25-17)12-21-26(23,24)18-5-4-14(19)11-15(18)20/h2-5,10-11,13,16,21H,6-9,12H2,1H3. The molecule has 3 rings (SSSR count). The second-order valence-electron chi connectivity index (χ2n) is 6.68. The van der Waals surface area contributed by atoms with Gasteiger partial charge in [0.1, 0.15) is 16.5 Å². The van der Waals surface area contributed by atoms with Gasteiger partial charge in [-0.2, -0.15) is 0 Å². The number of rotatable bonds is 6. The van der Waals surface area contributed by atoms with Crippen LogP contribution in [0.4, 0.5) is 8.78 Å². The van der Waals surface area contributed by atoms with E-state index in [2.05, 4.69) is 16.5 Å². The SMILES string of the molecule is CC1CCN(C(CNS(=O)(=O)c2ccc(F)cc2F)c2cccs2)CC1. The van der Waals surface area contributed by atoms with Gasteiger partial charge in [-0.3, -0.25) is 4.90 Å². The Morgan fingerprint density at radius 3 is 2.62 bits per heavy atom. The van der Waals surface area contributed by atoms with Crippen molar-refractivity contribution in [2.45, 2.75) is 30.7 Å². The molecule has 1 aliphatic heterocycles. The average molecular weight is 401 g/mol. The van der Waals surface area contributed by atoms with E-state index in [0.717, 1.165) is 42.9 Å². The maximum atomic E-state index is 13.9. The van der Waals surface area contributed by atoms with E-state index in [-0.39, 0.29) is 12.6 Å². The van der Waals surface area contributed by atoms with E-state index < -0.39 is 26.6 Å². The first-order valence-electron chi connectivity index (χ1n) is 8.59. The maximum absolute atomic E-state index is 13.9. The Kier molecular flexibility index (Phi) is 6.06. The molecule has 1 unspecified atom stereocenters. The van der Waals surface area contributed by atoms with E-state index in [1.807, 2.05) is 17.5 Å². The number of hydrogen-bond acceptors (Lipinski definition) is 4. The third kappa shape index (κ3) is 4.49. The fraction of sp³-hybridized carbons (Fsp3) is 0.444. The molecule has 1 aromatic heterocycles. The quantitative estimate of drug-likeness (QED) is 0.803. The van der Waals surface area contributed by atoms with Gasteiger partial charge in [-0.25, -0.2) is 21.9 Å². The molecule has 26 heavy (non-hydrogen) atoms. The molecule has 0 bridgehead atoms. The van der Waals surface area contributed by atoms with E-state index in [4.69, 9.17) is 0 Å². The summed E-state index contributed by atoms with van der Waals surface area (Å²) in [5.41, 5.74) is 0. The number of sulfonamides is 1. The average Bonchev–Trinajstić information content (AvgIpc) is 3.10. The molecule has 142 valence electrons. The molecular formula is C18H22F2N2O2S2. The maximum Gasteiger partial charge on any atom is 0.243 e. The van der Waals surface area contributed by atoms with Crippen molar-refractivity contribution >= 4 is 21.4 Å². The third-order valence-corrected chi connectivity index (χ3v) is 7.21. The molecular weight excluding hydrogens is 378 g/mol. The van der Waals surface area contributed by atoms with Gasteiger partial charge in [0.25, 0.3) is 0 Å². The highest BCUT2D eigenvalue weighted by atomic mass is 32.2. The van der Waals surface area contributed by atoms with Gasteiger partial charge >= 0.3 is 0 Å². The minimum atomic E-state index is -4.06. The monoisotopic (exact) mass is 400 g/mol. The first-order chi connectivity index (χ1) is 12.4. The van der Waals surface area contributed by atoms with Crippen molar-refractivity contribution in [1.82, 2.24) is 9.62 Å². The molecule has 1 N–H and O–H groups in total. The second-order valence-corrected chi connectivity index (χ2v) is 9.39. The summed E-state index contributed by atoms with van der Waals surface area (Å²) in [5, 5.41) is 1.96. The van der Waals surface area contributed by atoms with Crippen LogP contribution in [0.15, 0.2) is 40.6 Å². The fourth-order valence-corrected chi connectivity index (χ4v) is 5.15. The minimum absolute atomic E-state index is 0.0965. The van der Waals surface area contributed by atoms with Crippen LogP contribution in [-0.2, 0) is 10.0 Å². The summed E-state index contributed by atoms with van der Waals surface area (Å²) < 4.78 is 54.4. The minimum Gasteiger partial charge on any atom is -0.294 e. The van der Waals surface area contributed by atoms with Crippen LogP contribution >= 0.6 is 11.3 Å². The normalized spacial score (nSPS) is 18.1. The summed E-state index contributed by atoms with van der Waals surface area (Å²) in [6.45, 7) is 4.16. The van der Waals surface area contributed by atoms with Crippen molar-refractivity contribution in [2.24, 2.45) is 5.92 Å². The zero-order chi connectivity index (χ0) is 18.7. The summed E-state index contributed by atoms with van der Waals surface area (Å²) in [6, 6.07) is 6.31. The zero-order valence-corrected chi connectivity index (χ0v) is 16.1. The lowest BCUT2D eigenvalue weighted by Crippen LogP contribution is -2.41. The molecule has 0 amide bonds. The van der Waals surface area contributed by atoms with Gasteiger partial charge in [-0.1, -0.05) is 13.0 Å². The Balaban J connectivity index is 1.77. The number of nitrogens with zero attached hydrogens (tertiary/aromatic N) is 1. The molecule has 2 heterocycles. The van der Waals surface area contributed by atoms with Crippen LogP contribution in [0.1, 0.15) is 30.7 Å². The number of piperidine rings is 1. The number of benzene rings is 1. The summed E-state index contributed by atoms with van der Waals surface area (Å²) in [4.78, 5) is 2.81. The van der Waals surface area contributed by atoms with Crippen LogP contribution < -0.4 is 4.72 Å². The molecule has 1 aromatic carbocycles. The van der Waals surface area contributed by atoms with Gasteiger partial charge < -0.3 is 0 Å². The Morgan fingerprint density at radius 2 is 2.00 bits per heavy atom. The molecule has 1 fully saturated rings. The molecule has 1 saturated heterocycles. The van der Waals surface area contributed by atoms with Gasteiger partial charge in [-0.15, -0.1) is 11.3 Å². The molecule has 2 aromatic rings. The van der Waals surface area contributed by atoms with Crippen molar-refractivity contribution in [1.29, 1.82) is 0 Å². The molecule has 1 atom stereocenters. The smallest absolute Gasteiger partial charge is 0.243 e. The summed E-state index contributed by atoms with van der Waals surface area (Å²) >= 11 is 1.58. The Morgan fingerprint density at radius 1 is 1.27 bits per heavy atom. The number of hydrogen-bond donors (Lipinski definition) is 1. The molecule has 0 aliphatic carbocycles. The third-order valence-electron chi connectivity index (χ3n) is 4.78. The highest BCUT2D eigenvalue weighted by molar-refractivity contribution is 7.89. The fourth-order valence-electron chi connectivity index (χ4n) is 3.19. The van der Waals surface area contributed by atoms with Crippen molar-refractivity contribution in [2.75, 3.05) is 19.6 Å². The van der Waals surface area contributed by atoms with Gasteiger partial charge in [0.15, 0.2) is 0 Å². The zero-order valence-electron chi connectivity index (χ0n) is 14.5. The van der Waals surface area contributed by atoms with Crippen LogP contribution in [0.2, 0.25) is 0 Å². The molecule has 0 saturated carbocycles. The van der Waals surface area contributed by atoms with Crippen LogP contribution in [-0.4, -0.2) is 33.0 Å². The second kappa shape index (κ2) is 8.12. The Labute approximate surface area is 156 Å². The number of thiophene rings is 1. The number of halogens is 2. The van der Waals surface area contributed by atoms with E-state index in [1.165, 1.54) is 0 Å². The van der Waals surface area contributed by atoms with Crippen LogP contribution in [0.25, 0.3) is 0 Å². The molecule has 4 nitrogen and oxygen atoms in total. The predicted octanol–water partition coefficient (Wildman–Crippen LogP) is 3.78. The lowest BCUT2D eigenvalue weighted by Gasteiger charge is -2.36. The highest BCUT2D eigenvalue weighted by Gasteiger charge is 2.28. The Hall–Kier alpha value is -1.35. The van der Waals surface area contributed by atoms with E-state index in [0.29, 0.717) is 12.0 Å². The van der Waals surface area contributed by atoms with Gasteiger partial charge in [-0.05, 0) is 55.4 Å². The predicted molar refractivity (Wildman–Crippen MR) is 98.6 cm³/mol. The highest BCUT2D eigenvalue weighted by Crippen LogP contribution is 2.29. The van der Waals surface area contributed by atoms with Gasteiger partial charge in [0, 0.05) is 17.5 Å². The van der Waals surface area contributed by atoms with E-state index in [9.17, 15) is 17.2 Å². The lowest BCUT2D eigenvalue weighted by molar-refractivity contribution is 0.141. The van der Waals surface area contributed by atoms with Crippen molar-refractivity contribution in [3.8, 4) is 0 Å². The van der Waals surface area contributed by atoms with Crippen molar-refractivity contribution < 1.29 is 17.2 Å². The first-order valence-corrected chi connectivity index (χ1v) is 11.0. The molecule has 1 aliphatic rings. The van der Waals surface area contributed by atoms with Crippen molar-refractivity contribution in [3.63, 3.8) is 0 Å². The first kappa shape index (κ1) is 19.4. The van der Waals surface area contributed by atoms with Gasteiger partial charge in [0.05, 0.1) is 6.04 Å². The molecule has 0 radical (unpaired) electrons. The van der Waals surface area contributed by atoms with Gasteiger partial charge in [0.2, 0.25) is 10.0 Å². The van der Waals surface area contributed by atoms with E-state index >= 15 is 0 Å². The summed E-state index contributed by atoms with van der Waals surface area (Å²) in [5.74, 6) is -1.22. The topological polar surface area (TPSA) is 49.4 Å². The number of likely N-dealkylation sites (tertiary alicyclic amines) is 1. The van der Waals surface area contributed by atoms with Crippen LogP contribution in [0, 0.1) is 17.6 Å². The molecule has 8 heteroatoms. The largest absolute Gasteiger partial charge is 0.294 e. The number of nitrogens with one attached hydrogen (secondary N) is 1. The molecule has 0 spiro atoms.